The van der Waals surface area contributed by atoms with E-state index >= 15 is 0 Å². The first-order valence-electron chi connectivity index (χ1n) is 13.2. The topological polar surface area (TPSA) is 108 Å². The van der Waals surface area contributed by atoms with E-state index in [1.165, 1.54) is 18.2 Å². The van der Waals surface area contributed by atoms with Gasteiger partial charge in [-0.05, 0) is 93.5 Å². The summed E-state index contributed by atoms with van der Waals surface area (Å²) in [6.07, 6.45) is 0.312. The number of carboxylic acid groups (broad SMARTS) is 1. The molecule has 4 aliphatic rings. The number of pyridine rings is 1. The van der Waals surface area contributed by atoms with Crippen LogP contribution in [0.1, 0.15) is 73.1 Å². The number of alkyl halides is 3. The number of nitrogens with zero attached hydrogens (tertiary/aromatic N) is 1. The molecule has 3 unspecified atom stereocenters. The number of nitrogens with one attached hydrogen (secondary N) is 2. The molecule has 1 aromatic heterocycles. The van der Waals surface area contributed by atoms with Crippen LogP contribution < -0.4 is 10.6 Å². The molecule has 2 aromatic rings. The Morgan fingerprint density at radius 1 is 1.00 bits per heavy atom. The van der Waals surface area contributed by atoms with E-state index in [9.17, 15) is 27.6 Å². The van der Waals surface area contributed by atoms with Crippen LogP contribution in [0.25, 0.3) is 0 Å². The van der Waals surface area contributed by atoms with E-state index in [0.717, 1.165) is 37.1 Å². The van der Waals surface area contributed by atoms with Crippen LogP contribution in [0.3, 0.4) is 0 Å². The molecule has 1 heterocycles. The van der Waals surface area contributed by atoms with Crippen molar-refractivity contribution < 1.29 is 32.7 Å². The Balaban J connectivity index is 1.24. The van der Waals surface area contributed by atoms with Crippen molar-refractivity contribution in [2.45, 2.75) is 70.1 Å². The summed E-state index contributed by atoms with van der Waals surface area (Å²) in [7, 11) is 0. The zero-order valence-corrected chi connectivity index (χ0v) is 21.8. The largest absolute Gasteiger partial charge is 0.478 e. The van der Waals surface area contributed by atoms with E-state index in [1.807, 2.05) is 0 Å². The highest BCUT2D eigenvalue weighted by molar-refractivity contribution is 5.88. The Hall–Kier alpha value is -3.43. The number of amides is 2. The first-order chi connectivity index (χ1) is 18.3. The second kappa shape index (κ2) is 9.64. The molecule has 7 nitrogen and oxygen atoms in total. The molecular weight excluding hydrogens is 511 g/mol. The molecule has 6 rings (SSSR count). The molecule has 3 N–H and O–H groups in total. The van der Waals surface area contributed by atoms with Crippen molar-refractivity contribution in [1.82, 2.24) is 15.6 Å². The van der Waals surface area contributed by atoms with Crippen LogP contribution >= 0.6 is 0 Å². The van der Waals surface area contributed by atoms with Crippen molar-refractivity contribution in [1.29, 1.82) is 0 Å². The zero-order valence-electron chi connectivity index (χ0n) is 21.8. The predicted octanol–water partition coefficient (Wildman–Crippen LogP) is 4.70. The third-order valence-corrected chi connectivity index (χ3v) is 9.01. The van der Waals surface area contributed by atoms with Gasteiger partial charge in [-0.1, -0.05) is 12.1 Å². The first kappa shape index (κ1) is 27.1. The number of rotatable bonds is 7. The van der Waals surface area contributed by atoms with Gasteiger partial charge >= 0.3 is 12.1 Å². The third-order valence-electron chi connectivity index (χ3n) is 9.01. The van der Waals surface area contributed by atoms with Gasteiger partial charge in [-0.2, -0.15) is 13.2 Å². The highest BCUT2D eigenvalue weighted by Gasteiger charge is 2.59. The maximum Gasteiger partial charge on any atom is 0.417 e. The number of aromatic nitrogens is 1. The highest BCUT2D eigenvalue weighted by atomic mass is 19.4. The lowest BCUT2D eigenvalue weighted by atomic mass is 9.47. The fraction of sp³-hybridized carbons (Fsp3) is 0.517. The number of halogens is 3. The number of carbonyl (C=O) groups excluding carboxylic acids is 2. The zero-order chi connectivity index (χ0) is 28.2. The smallest absolute Gasteiger partial charge is 0.417 e. The van der Waals surface area contributed by atoms with Crippen molar-refractivity contribution in [3.05, 3.63) is 65.0 Å². The summed E-state index contributed by atoms with van der Waals surface area (Å²) in [4.78, 5) is 41.8. The molecule has 1 aromatic carbocycles. The molecule has 10 heteroatoms. The molecule has 4 aliphatic carbocycles. The van der Waals surface area contributed by atoms with Crippen LogP contribution in [0, 0.1) is 23.2 Å². The second-order valence-corrected chi connectivity index (χ2v) is 12.0. The third kappa shape index (κ3) is 5.13. The Labute approximate surface area is 224 Å². The average Bonchev–Trinajstić information content (AvgIpc) is 2.88. The van der Waals surface area contributed by atoms with E-state index in [4.69, 9.17) is 5.11 Å². The summed E-state index contributed by atoms with van der Waals surface area (Å²) in [5.74, 6) is -0.561. The number of carbonyl (C=O) groups is 3. The van der Waals surface area contributed by atoms with Crippen LogP contribution in [0.5, 0.6) is 0 Å². The van der Waals surface area contributed by atoms with E-state index in [0.29, 0.717) is 25.3 Å². The minimum absolute atomic E-state index is 0.00303. The molecule has 5 atom stereocenters. The summed E-state index contributed by atoms with van der Waals surface area (Å²) in [5.41, 5.74) is -1.18. The quantitative estimate of drug-likeness (QED) is 0.469. The molecular formula is C29H32F3N3O4. The van der Waals surface area contributed by atoms with Crippen molar-refractivity contribution in [2.24, 2.45) is 23.2 Å². The van der Waals surface area contributed by atoms with Gasteiger partial charge < -0.3 is 15.7 Å². The van der Waals surface area contributed by atoms with E-state index < -0.39 is 28.5 Å². The fourth-order valence-electron chi connectivity index (χ4n) is 7.05. The molecule has 0 spiro atoms. The van der Waals surface area contributed by atoms with Crippen molar-refractivity contribution in [2.75, 3.05) is 0 Å². The lowest BCUT2D eigenvalue weighted by molar-refractivity contribution is -0.151. The molecule has 4 fully saturated rings. The Bertz CT molecular complexity index is 1260. The molecule has 0 radical (unpaired) electrons. The maximum atomic E-state index is 13.4. The Kier molecular flexibility index (Phi) is 6.71. The van der Waals surface area contributed by atoms with Crippen molar-refractivity contribution >= 4 is 17.8 Å². The van der Waals surface area contributed by atoms with Gasteiger partial charge in [-0.25, -0.2) is 4.79 Å². The Morgan fingerprint density at radius 2 is 1.64 bits per heavy atom. The van der Waals surface area contributed by atoms with Crippen molar-refractivity contribution in [3.63, 3.8) is 0 Å². The molecule has 0 aliphatic heterocycles. The van der Waals surface area contributed by atoms with Gasteiger partial charge in [0.15, 0.2) is 0 Å². The highest BCUT2D eigenvalue weighted by Crippen LogP contribution is 2.60. The summed E-state index contributed by atoms with van der Waals surface area (Å²) >= 11 is 0. The molecule has 4 bridgehead atoms. The lowest BCUT2D eigenvalue weighted by Gasteiger charge is -2.59. The van der Waals surface area contributed by atoms with Gasteiger partial charge in [0.1, 0.15) is 0 Å². The van der Waals surface area contributed by atoms with Gasteiger partial charge in [0.25, 0.3) is 0 Å². The number of benzene rings is 1. The number of carboxylic acids is 1. The molecule has 0 saturated heterocycles. The van der Waals surface area contributed by atoms with E-state index in [1.54, 1.807) is 26.0 Å². The standard InChI is InChI=1S/C29H32F3N3O4/c1-27(2,22-8-7-21(15-33-22)29(30,31)32)25(38)35-23-19-9-17-10-20(23)13-28(11-17,12-19)26(39)34-14-16-3-5-18(6-4-16)24(36)37/h3-8,15,17,19-20,23H,9-14H2,1-2H3,(H,34,39)(H,35,38)(H,36,37)/t17?,19-,20+,23?,28?. The molecule has 2 amide bonds. The Morgan fingerprint density at radius 3 is 2.18 bits per heavy atom. The summed E-state index contributed by atoms with van der Waals surface area (Å²) < 4.78 is 38.8. The summed E-state index contributed by atoms with van der Waals surface area (Å²) in [6.45, 7) is 3.63. The van der Waals surface area contributed by atoms with Gasteiger partial charge in [-0.15, -0.1) is 0 Å². The van der Waals surface area contributed by atoms with Crippen LogP contribution in [0.15, 0.2) is 42.6 Å². The minimum atomic E-state index is -4.49. The van der Waals surface area contributed by atoms with E-state index in [-0.39, 0.29) is 40.9 Å². The summed E-state index contributed by atoms with van der Waals surface area (Å²) in [6, 6.07) is 8.54. The SMILES string of the molecule is CC(C)(C(=O)NC1[C@@H]2CC3C[C@H]1CC(C(=O)NCc1ccc(C(=O)O)cc1)(C3)C2)c1ccc(C(F)(F)F)cn1. The summed E-state index contributed by atoms with van der Waals surface area (Å²) in [5, 5.41) is 15.3. The van der Waals surface area contributed by atoms with Gasteiger partial charge in [0, 0.05) is 18.8 Å². The normalized spacial score (nSPS) is 27.7. The van der Waals surface area contributed by atoms with E-state index in [2.05, 4.69) is 15.6 Å². The molecule has 39 heavy (non-hydrogen) atoms. The predicted molar refractivity (Wildman–Crippen MR) is 135 cm³/mol. The monoisotopic (exact) mass is 543 g/mol. The number of aromatic carboxylic acids is 1. The average molecular weight is 544 g/mol. The van der Waals surface area contributed by atoms with Gasteiger partial charge in [0.05, 0.1) is 27.7 Å². The second-order valence-electron chi connectivity index (χ2n) is 12.0. The minimum Gasteiger partial charge on any atom is -0.478 e. The first-order valence-corrected chi connectivity index (χ1v) is 13.2. The number of hydrogen-bond donors (Lipinski definition) is 3. The fourth-order valence-corrected chi connectivity index (χ4v) is 7.05. The maximum absolute atomic E-state index is 13.4. The van der Waals surface area contributed by atoms with Crippen LogP contribution in [0.2, 0.25) is 0 Å². The van der Waals surface area contributed by atoms with Gasteiger partial charge in [0.2, 0.25) is 11.8 Å². The molecule has 4 saturated carbocycles. The van der Waals surface area contributed by atoms with Gasteiger partial charge in [-0.3, -0.25) is 14.6 Å². The van der Waals surface area contributed by atoms with Crippen LogP contribution in [-0.4, -0.2) is 33.9 Å². The van der Waals surface area contributed by atoms with Crippen molar-refractivity contribution in [3.8, 4) is 0 Å². The lowest BCUT2D eigenvalue weighted by Crippen LogP contribution is -2.63. The molecule has 208 valence electrons. The number of hydrogen-bond acceptors (Lipinski definition) is 4. The van der Waals surface area contributed by atoms with Crippen LogP contribution in [-0.2, 0) is 27.7 Å². The van der Waals surface area contributed by atoms with Crippen LogP contribution in [0.4, 0.5) is 13.2 Å².